The number of amides is 1. The lowest BCUT2D eigenvalue weighted by atomic mass is 9.77. The van der Waals surface area contributed by atoms with Crippen molar-refractivity contribution >= 4 is 5.91 Å². The Bertz CT molecular complexity index is 341. The van der Waals surface area contributed by atoms with E-state index in [4.69, 9.17) is 0 Å². The molecule has 0 bridgehead atoms. The normalized spacial score (nSPS) is 34.2. The Morgan fingerprint density at radius 2 is 1.81 bits per heavy atom. The molecule has 2 N–H and O–H groups in total. The van der Waals surface area contributed by atoms with Crippen LogP contribution in [0.2, 0.25) is 0 Å². The standard InChI is InChI=1S/C17H31N3O/c21-17(18-10-13-20-11-4-1-5-12-20)16-9-8-14-6-2-3-7-15(14)19-16/h14-16,19H,1-13H2,(H,18,21). The molecular formula is C17H31N3O. The maximum Gasteiger partial charge on any atom is 0.237 e. The number of carbonyl (C=O) groups is 1. The third-order valence-corrected chi connectivity index (χ3v) is 5.64. The summed E-state index contributed by atoms with van der Waals surface area (Å²) in [6.07, 6.45) is 11.6. The minimum absolute atomic E-state index is 0.0608. The summed E-state index contributed by atoms with van der Waals surface area (Å²) < 4.78 is 0. The van der Waals surface area contributed by atoms with Crippen LogP contribution in [0.25, 0.3) is 0 Å². The Kier molecular flexibility index (Phi) is 5.53. The first-order chi connectivity index (χ1) is 10.3. The third kappa shape index (κ3) is 4.19. The molecule has 0 aromatic heterocycles. The van der Waals surface area contributed by atoms with Crippen LogP contribution >= 0.6 is 0 Å². The van der Waals surface area contributed by atoms with Crippen molar-refractivity contribution in [3.8, 4) is 0 Å². The van der Waals surface area contributed by atoms with E-state index < -0.39 is 0 Å². The van der Waals surface area contributed by atoms with Gasteiger partial charge in [0, 0.05) is 19.1 Å². The highest BCUT2D eigenvalue weighted by Gasteiger charge is 2.34. The molecule has 2 saturated heterocycles. The quantitative estimate of drug-likeness (QED) is 0.832. The molecule has 0 aromatic carbocycles. The SMILES string of the molecule is O=C(NCCN1CCCCC1)C1CCC2CCCCC2N1. The maximum absolute atomic E-state index is 12.3. The number of fused-ring (bicyclic) bond motifs is 1. The summed E-state index contributed by atoms with van der Waals surface area (Å²) in [5.41, 5.74) is 0. The van der Waals surface area contributed by atoms with Gasteiger partial charge in [0.05, 0.1) is 6.04 Å². The van der Waals surface area contributed by atoms with Crippen LogP contribution in [0, 0.1) is 5.92 Å². The average molecular weight is 293 g/mol. The van der Waals surface area contributed by atoms with Gasteiger partial charge in [-0.05, 0) is 57.5 Å². The van der Waals surface area contributed by atoms with Gasteiger partial charge >= 0.3 is 0 Å². The highest BCUT2D eigenvalue weighted by Crippen LogP contribution is 2.32. The van der Waals surface area contributed by atoms with Crippen molar-refractivity contribution < 1.29 is 4.79 Å². The molecular weight excluding hydrogens is 262 g/mol. The molecule has 1 saturated carbocycles. The molecule has 4 heteroatoms. The number of hydrogen-bond donors (Lipinski definition) is 2. The number of nitrogens with zero attached hydrogens (tertiary/aromatic N) is 1. The Labute approximate surface area is 129 Å². The van der Waals surface area contributed by atoms with Gasteiger partial charge in [-0.1, -0.05) is 19.3 Å². The van der Waals surface area contributed by atoms with Crippen LogP contribution in [0.5, 0.6) is 0 Å². The van der Waals surface area contributed by atoms with E-state index in [2.05, 4.69) is 15.5 Å². The van der Waals surface area contributed by atoms with Gasteiger partial charge < -0.3 is 15.5 Å². The van der Waals surface area contributed by atoms with E-state index in [1.165, 1.54) is 64.5 Å². The molecule has 2 aliphatic heterocycles. The summed E-state index contributed by atoms with van der Waals surface area (Å²) in [7, 11) is 0. The van der Waals surface area contributed by atoms with Gasteiger partial charge in [0.15, 0.2) is 0 Å². The molecule has 120 valence electrons. The van der Waals surface area contributed by atoms with Crippen molar-refractivity contribution in [3.05, 3.63) is 0 Å². The number of likely N-dealkylation sites (tertiary alicyclic amines) is 1. The second-order valence-corrected chi connectivity index (χ2v) is 7.14. The summed E-state index contributed by atoms with van der Waals surface area (Å²) >= 11 is 0. The Hall–Kier alpha value is -0.610. The second-order valence-electron chi connectivity index (χ2n) is 7.14. The van der Waals surface area contributed by atoms with Crippen molar-refractivity contribution in [1.29, 1.82) is 0 Å². The Morgan fingerprint density at radius 3 is 2.67 bits per heavy atom. The van der Waals surface area contributed by atoms with Crippen LogP contribution < -0.4 is 10.6 Å². The smallest absolute Gasteiger partial charge is 0.237 e. The van der Waals surface area contributed by atoms with E-state index in [-0.39, 0.29) is 11.9 Å². The number of carbonyl (C=O) groups excluding carboxylic acids is 1. The highest BCUT2D eigenvalue weighted by atomic mass is 16.2. The molecule has 4 nitrogen and oxygen atoms in total. The zero-order valence-corrected chi connectivity index (χ0v) is 13.3. The predicted octanol–water partition coefficient (Wildman–Crippen LogP) is 1.90. The molecule has 0 radical (unpaired) electrons. The fourth-order valence-electron chi connectivity index (χ4n) is 4.35. The van der Waals surface area contributed by atoms with Gasteiger partial charge in [0.1, 0.15) is 0 Å². The van der Waals surface area contributed by atoms with Crippen molar-refractivity contribution in [3.63, 3.8) is 0 Å². The average Bonchev–Trinajstić information content (AvgIpc) is 2.55. The number of piperidine rings is 2. The van der Waals surface area contributed by atoms with Gasteiger partial charge in [-0.15, -0.1) is 0 Å². The first-order valence-corrected chi connectivity index (χ1v) is 9.09. The number of hydrogen-bond acceptors (Lipinski definition) is 3. The van der Waals surface area contributed by atoms with E-state index in [0.29, 0.717) is 6.04 Å². The minimum Gasteiger partial charge on any atom is -0.353 e. The van der Waals surface area contributed by atoms with Gasteiger partial charge in [0.25, 0.3) is 0 Å². The largest absolute Gasteiger partial charge is 0.353 e. The van der Waals surface area contributed by atoms with Crippen LogP contribution in [-0.2, 0) is 4.79 Å². The number of rotatable bonds is 4. The summed E-state index contributed by atoms with van der Waals surface area (Å²) in [5.74, 6) is 1.06. The molecule has 3 aliphatic rings. The van der Waals surface area contributed by atoms with Gasteiger partial charge in [-0.3, -0.25) is 4.79 Å². The van der Waals surface area contributed by atoms with Crippen molar-refractivity contribution in [2.45, 2.75) is 69.9 Å². The first-order valence-electron chi connectivity index (χ1n) is 9.09. The Morgan fingerprint density at radius 1 is 1.00 bits per heavy atom. The Balaban J connectivity index is 1.37. The molecule has 0 spiro atoms. The van der Waals surface area contributed by atoms with Crippen LogP contribution in [0.3, 0.4) is 0 Å². The second kappa shape index (κ2) is 7.59. The molecule has 1 aliphatic carbocycles. The maximum atomic E-state index is 12.3. The van der Waals surface area contributed by atoms with E-state index in [9.17, 15) is 4.79 Å². The zero-order chi connectivity index (χ0) is 14.5. The number of nitrogens with one attached hydrogen (secondary N) is 2. The fraction of sp³-hybridized carbons (Fsp3) is 0.941. The van der Waals surface area contributed by atoms with E-state index in [0.717, 1.165) is 25.4 Å². The van der Waals surface area contributed by atoms with Gasteiger partial charge in [-0.2, -0.15) is 0 Å². The van der Waals surface area contributed by atoms with E-state index >= 15 is 0 Å². The van der Waals surface area contributed by atoms with E-state index in [1.807, 2.05) is 0 Å². The summed E-state index contributed by atoms with van der Waals surface area (Å²) in [5, 5.41) is 6.77. The summed E-state index contributed by atoms with van der Waals surface area (Å²) in [6, 6.07) is 0.663. The lowest BCUT2D eigenvalue weighted by Gasteiger charge is -2.40. The fourth-order valence-corrected chi connectivity index (χ4v) is 4.35. The molecule has 0 aromatic rings. The monoisotopic (exact) mass is 293 g/mol. The van der Waals surface area contributed by atoms with Gasteiger partial charge in [-0.25, -0.2) is 0 Å². The van der Waals surface area contributed by atoms with E-state index in [1.54, 1.807) is 0 Å². The van der Waals surface area contributed by atoms with Crippen molar-refractivity contribution in [2.24, 2.45) is 5.92 Å². The van der Waals surface area contributed by atoms with Crippen molar-refractivity contribution in [2.75, 3.05) is 26.2 Å². The summed E-state index contributed by atoms with van der Waals surface area (Å²) in [6.45, 7) is 4.25. The molecule has 3 rings (SSSR count). The van der Waals surface area contributed by atoms with Gasteiger partial charge in [0.2, 0.25) is 5.91 Å². The highest BCUT2D eigenvalue weighted by molar-refractivity contribution is 5.81. The molecule has 21 heavy (non-hydrogen) atoms. The zero-order valence-electron chi connectivity index (χ0n) is 13.3. The molecule has 2 heterocycles. The predicted molar refractivity (Wildman–Crippen MR) is 85.2 cm³/mol. The van der Waals surface area contributed by atoms with Crippen LogP contribution in [-0.4, -0.2) is 49.1 Å². The van der Waals surface area contributed by atoms with Crippen LogP contribution in [0.15, 0.2) is 0 Å². The lowest BCUT2D eigenvalue weighted by Crippen LogP contribution is -2.55. The van der Waals surface area contributed by atoms with Crippen molar-refractivity contribution in [1.82, 2.24) is 15.5 Å². The molecule has 1 amide bonds. The summed E-state index contributed by atoms with van der Waals surface area (Å²) in [4.78, 5) is 14.8. The third-order valence-electron chi connectivity index (χ3n) is 5.64. The molecule has 3 fully saturated rings. The van der Waals surface area contributed by atoms with Crippen LogP contribution in [0.1, 0.15) is 57.8 Å². The molecule has 3 unspecified atom stereocenters. The minimum atomic E-state index is 0.0608. The molecule has 3 atom stereocenters. The lowest BCUT2D eigenvalue weighted by molar-refractivity contribution is -0.124. The van der Waals surface area contributed by atoms with Crippen LogP contribution in [0.4, 0.5) is 0 Å². The topological polar surface area (TPSA) is 44.4 Å². The first kappa shape index (κ1) is 15.3.